The van der Waals surface area contributed by atoms with Crippen LogP contribution in [0.15, 0.2) is 30.3 Å². The zero-order valence-corrected chi connectivity index (χ0v) is 11.5. The molecule has 2 aromatic rings. The monoisotopic (exact) mass is 270 g/mol. The number of nitrogen functional groups attached to an aromatic ring is 1. The number of anilines is 1. The first-order valence-corrected chi connectivity index (χ1v) is 6.73. The van der Waals surface area contributed by atoms with Crippen molar-refractivity contribution in [1.29, 1.82) is 0 Å². The Labute approximate surface area is 117 Å². The lowest BCUT2D eigenvalue weighted by atomic mass is 9.90. The van der Waals surface area contributed by atoms with Gasteiger partial charge in [0.05, 0.1) is 5.69 Å². The fraction of sp³-hybridized carbons (Fsp3) is 0.188. The van der Waals surface area contributed by atoms with Gasteiger partial charge >= 0.3 is 0 Å². The number of halogens is 1. The van der Waals surface area contributed by atoms with Crippen LogP contribution in [-0.4, -0.2) is 4.98 Å². The predicted octanol–water partition coefficient (Wildman–Crippen LogP) is 4.11. The average Bonchev–Trinajstić information content (AvgIpc) is 2.36. The molecule has 0 atom stereocenters. The van der Waals surface area contributed by atoms with Crippen LogP contribution in [0.2, 0.25) is 5.02 Å². The van der Waals surface area contributed by atoms with E-state index in [-0.39, 0.29) is 0 Å². The number of nitrogens with zero attached hydrogens (tertiary/aromatic N) is 1. The van der Waals surface area contributed by atoms with Crippen LogP contribution >= 0.6 is 11.6 Å². The number of fused-ring (bicyclic) bond motifs is 1. The van der Waals surface area contributed by atoms with Gasteiger partial charge in [-0.3, -0.25) is 4.98 Å². The molecule has 2 N–H and O–H groups in total. The van der Waals surface area contributed by atoms with Crippen molar-refractivity contribution in [2.24, 2.45) is 0 Å². The zero-order chi connectivity index (χ0) is 13.4. The Balaban J connectivity index is 2.07. The zero-order valence-electron chi connectivity index (χ0n) is 10.8. The van der Waals surface area contributed by atoms with Gasteiger partial charge in [-0.25, -0.2) is 0 Å². The lowest BCUT2D eigenvalue weighted by Gasteiger charge is -2.17. The first-order chi connectivity index (χ1) is 9.11. The number of aromatic nitrogens is 1. The highest BCUT2D eigenvalue weighted by Gasteiger charge is 2.13. The lowest BCUT2D eigenvalue weighted by Crippen LogP contribution is -2.02. The van der Waals surface area contributed by atoms with E-state index in [1.165, 1.54) is 16.7 Å². The van der Waals surface area contributed by atoms with Crippen molar-refractivity contribution in [2.45, 2.75) is 19.8 Å². The highest BCUT2D eigenvalue weighted by Crippen LogP contribution is 2.31. The Morgan fingerprint density at radius 1 is 1.16 bits per heavy atom. The molecular formula is C16H15ClN2. The topological polar surface area (TPSA) is 38.9 Å². The van der Waals surface area contributed by atoms with E-state index in [1.54, 1.807) is 0 Å². The molecule has 2 nitrogen and oxygen atoms in total. The van der Waals surface area contributed by atoms with Gasteiger partial charge in [-0.15, -0.1) is 0 Å². The highest BCUT2D eigenvalue weighted by molar-refractivity contribution is 6.30. The summed E-state index contributed by atoms with van der Waals surface area (Å²) in [6.45, 7) is 1.97. The van der Waals surface area contributed by atoms with Gasteiger partial charge in [0.25, 0.3) is 0 Å². The summed E-state index contributed by atoms with van der Waals surface area (Å²) in [5, 5.41) is 0.771. The average molecular weight is 271 g/mol. The quantitative estimate of drug-likeness (QED) is 0.847. The molecule has 0 radical (unpaired) electrons. The van der Waals surface area contributed by atoms with E-state index in [9.17, 15) is 0 Å². The first kappa shape index (κ1) is 12.2. The van der Waals surface area contributed by atoms with Gasteiger partial charge in [0.1, 0.15) is 0 Å². The van der Waals surface area contributed by atoms with E-state index < -0.39 is 0 Å². The van der Waals surface area contributed by atoms with Crippen LogP contribution in [-0.2, 0) is 6.42 Å². The summed E-state index contributed by atoms with van der Waals surface area (Å²) >= 11 is 6.06. The smallest absolute Gasteiger partial charge is 0.0685 e. The van der Waals surface area contributed by atoms with E-state index in [0.717, 1.165) is 34.9 Å². The second-order valence-electron chi connectivity index (χ2n) is 4.94. The molecule has 1 aliphatic carbocycles. The Morgan fingerprint density at radius 3 is 2.79 bits per heavy atom. The van der Waals surface area contributed by atoms with Crippen LogP contribution < -0.4 is 5.73 Å². The van der Waals surface area contributed by atoms with Gasteiger partial charge in [0.2, 0.25) is 0 Å². The molecular weight excluding hydrogens is 256 g/mol. The van der Waals surface area contributed by atoms with E-state index in [4.69, 9.17) is 17.3 Å². The second-order valence-corrected chi connectivity index (χ2v) is 5.38. The standard InChI is InChI=1S/C16H15ClN2/c1-10-6-15(18)9-16(19-10)12-3-2-11-4-5-14(17)8-13(11)7-12/h4-9H,2-3H2,1H3,(H2,18,19). The number of allylic oxidation sites excluding steroid dienone is 1. The largest absolute Gasteiger partial charge is 0.399 e. The van der Waals surface area contributed by atoms with Crippen molar-refractivity contribution in [1.82, 2.24) is 4.98 Å². The molecule has 1 aliphatic rings. The van der Waals surface area contributed by atoms with Crippen LogP contribution in [0.4, 0.5) is 5.69 Å². The molecule has 3 heteroatoms. The molecule has 1 heterocycles. The second kappa shape index (κ2) is 4.71. The van der Waals surface area contributed by atoms with Crippen molar-refractivity contribution in [3.63, 3.8) is 0 Å². The Morgan fingerprint density at radius 2 is 2.00 bits per heavy atom. The number of aryl methyl sites for hydroxylation is 2. The first-order valence-electron chi connectivity index (χ1n) is 6.35. The minimum Gasteiger partial charge on any atom is -0.399 e. The maximum absolute atomic E-state index is 6.06. The fourth-order valence-corrected chi connectivity index (χ4v) is 2.70. The van der Waals surface area contributed by atoms with Gasteiger partial charge in [-0.05, 0) is 66.8 Å². The summed E-state index contributed by atoms with van der Waals surface area (Å²) in [5.41, 5.74) is 12.3. The summed E-state index contributed by atoms with van der Waals surface area (Å²) in [6, 6.07) is 9.88. The predicted molar refractivity (Wildman–Crippen MR) is 81.0 cm³/mol. The molecule has 0 unspecified atom stereocenters. The summed E-state index contributed by atoms with van der Waals surface area (Å²) in [5.74, 6) is 0. The normalized spacial score (nSPS) is 13.9. The van der Waals surface area contributed by atoms with Crippen LogP contribution in [0.3, 0.4) is 0 Å². The fourth-order valence-electron chi connectivity index (χ4n) is 2.52. The minimum atomic E-state index is 0.764. The lowest BCUT2D eigenvalue weighted by molar-refractivity contribution is 0.987. The van der Waals surface area contributed by atoms with Gasteiger partial charge in [0.15, 0.2) is 0 Å². The van der Waals surface area contributed by atoms with Crippen molar-refractivity contribution in [2.75, 3.05) is 5.73 Å². The van der Waals surface area contributed by atoms with E-state index in [0.29, 0.717) is 0 Å². The molecule has 19 heavy (non-hydrogen) atoms. The maximum Gasteiger partial charge on any atom is 0.0685 e. The van der Waals surface area contributed by atoms with Crippen LogP contribution in [0.5, 0.6) is 0 Å². The van der Waals surface area contributed by atoms with Gasteiger partial charge in [0, 0.05) is 16.4 Å². The molecule has 0 amide bonds. The number of rotatable bonds is 1. The molecule has 3 rings (SSSR count). The Kier molecular flexibility index (Phi) is 3.03. The molecule has 1 aromatic heterocycles. The van der Waals surface area contributed by atoms with Crippen LogP contribution in [0, 0.1) is 6.92 Å². The van der Waals surface area contributed by atoms with E-state index >= 15 is 0 Å². The Bertz CT molecular complexity index is 654. The van der Waals surface area contributed by atoms with Gasteiger partial charge in [-0.2, -0.15) is 0 Å². The van der Waals surface area contributed by atoms with Gasteiger partial charge in [-0.1, -0.05) is 17.7 Å². The summed E-state index contributed by atoms with van der Waals surface area (Å²) in [7, 11) is 0. The molecule has 0 bridgehead atoms. The molecule has 96 valence electrons. The van der Waals surface area contributed by atoms with Crippen molar-refractivity contribution < 1.29 is 0 Å². The Hall–Kier alpha value is -1.80. The molecule has 0 spiro atoms. The van der Waals surface area contributed by atoms with Crippen LogP contribution in [0.25, 0.3) is 11.6 Å². The third-order valence-electron chi connectivity index (χ3n) is 3.41. The third-order valence-corrected chi connectivity index (χ3v) is 3.64. The van der Waals surface area contributed by atoms with Crippen LogP contribution in [0.1, 0.15) is 28.9 Å². The summed E-state index contributed by atoms with van der Waals surface area (Å²) in [4.78, 5) is 4.57. The van der Waals surface area contributed by atoms with E-state index in [2.05, 4.69) is 17.1 Å². The third kappa shape index (κ3) is 2.49. The number of pyridine rings is 1. The molecule has 0 saturated heterocycles. The number of nitrogens with two attached hydrogens (primary N) is 1. The number of hydrogen-bond acceptors (Lipinski definition) is 2. The SMILES string of the molecule is Cc1cc(N)cc(C2=Cc3cc(Cl)ccc3CC2)n1. The van der Waals surface area contributed by atoms with Crippen molar-refractivity contribution >= 4 is 28.9 Å². The number of hydrogen-bond donors (Lipinski definition) is 1. The minimum absolute atomic E-state index is 0.764. The summed E-state index contributed by atoms with van der Waals surface area (Å²) < 4.78 is 0. The molecule has 1 aromatic carbocycles. The van der Waals surface area contributed by atoms with Crippen molar-refractivity contribution in [3.8, 4) is 0 Å². The number of benzene rings is 1. The maximum atomic E-state index is 6.06. The highest BCUT2D eigenvalue weighted by atomic mass is 35.5. The van der Waals surface area contributed by atoms with E-state index in [1.807, 2.05) is 31.2 Å². The van der Waals surface area contributed by atoms with Gasteiger partial charge < -0.3 is 5.73 Å². The molecule has 0 aliphatic heterocycles. The molecule has 0 fully saturated rings. The van der Waals surface area contributed by atoms with Crippen molar-refractivity contribution in [3.05, 3.63) is 57.9 Å². The summed E-state index contributed by atoms with van der Waals surface area (Å²) in [6.07, 6.45) is 4.18. The molecule has 0 saturated carbocycles.